The highest BCUT2D eigenvalue weighted by atomic mass is 16.3. The number of imidazole rings is 1. The molecule has 0 saturated heterocycles. The minimum atomic E-state index is -0.748. The van der Waals surface area contributed by atoms with Gasteiger partial charge >= 0.3 is 0 Å². The summed E-state index contributed by atoms with van der Waals surface area (Å²) in [5.74, 6) is 0.252. The Balaban J connectivity index is 1.37. The molecule has 8 heteroatoms. The second-order valence-corrected chi connectivity index (χ2v) is 8.72. The molecule has 0 aliphatic rings. The summed E-state index contributed by atoms with van der Waals surface area (Å²) in [5, 5.41) is 16.7. The smallest absolute Gasteiger partial charge is 0.261 e. The van der Waals surface area contributed by atoms with Crippen LogP contribution in [0.15, 0.2) is 95.9 Å². The van der Waals surface area contributed by atoms with Gasteiger partial charge in [0.15, 0.2) is 0 Å². The molecule has 5 rings (SSSR count). The van der Waals surface area contributed by atoms with E-state index in [4.69, 9.17) is 0 Å². The molecule has 0 radical (unpaired) electrons. The first kappa shape index (κ1) is 24.0. The molecule has 186 valence electrons. The van der Waals surface area contributed by atoms with E-state index in [-0.39, 0.29) is 18.0 Å². The van der Waals surface area contributed by atoms with Crippen LogP contribution in [0.3, 0.4) is 0 Å². The Morgan fingerprint density at radius 3 is 2.46 bits per heavy atom. The average Bonchev–Trinajstić information content (AvgIpc) is 3.36. The zero-order valence-corrected chi connectivity index (χ0v) is 20.1. The minimum Gasteiger partial charge on any atom is -0.387 e. The summed E-state index contributed by atoms with van der Waals surface area (Å²) in [6.07, 6.45) is 1.78. The van der Waals surface area contributed by atoms with Gasteiger partial charge in [0, 0.05) is 19.2 Å². The number of rotatable bonds is 9. The summed E-state index contributed by atoms with van der Waals surface area (Å²) in [6.45, 7) is 0.212. The number of aryl methyl sites for hydroxylation is 1. The molecule has 0 aliphatic carbocycles. The van der Waals surface area contributed by atoms with Crippen molar-refractivity contribution in [3.63, 3.8) is 0 Å². The van der Waals surface area contributed by atoms with Crippen molar-refractivity contribution in [3.05, 3.63) is 113 Å². The first-order valence-corrected chi connectivity index (χ1v) is 12.1. The molecular formula is C29H27N5O3. The van der Waals surface area contributed by atoms with Gasteiger partial charge < -0.3 is 25.7 Å². The van der Waals surface area contributed by atoms with E-state index in [0.717, 1.165) is 11.1 Å². The summed E-state index contributed by atoms with van der Waals surface area (Å²) in [7, 11) is 0. The first-order chi connectivity index (χ1) is 18.1. The molecule has 0 saturated carbocycles. The first-order valence-electron chi connectivity index (χ1n) is 12.1. The standard InChI is InChI=1S/C29H27N5O3/c35-24(20-10-5-2-6-11-20)18-31-21-16-17-30-29(37)26(21)28-33-23-13-7-12-22(27(23)34-28)32-25(36)15-14-19-8-3-1-4-9-19/h1-13,16-17,24,35H,14-15,18H2,(H,32,36)(H,33,34)(H2,30,31,37). The van der Waals surface area contributed by atoms with Crippen molar-refractivity contribution in [1.29, 1.82) is 0 Å². The van der Waals surface area contributed by atoms with Crippen LogP contribution >= 0.6 is 0 Å². The van der Waals surface area contributed by atoms with Gasteiger partial charge in [-0.1, -0.05) is 66.7 Å². The van der Waals surface area contributed by atoms with E-state index in [1.807, 2.05) is 72.8 Å². The zero-order chi connectivity index (χ0) is 25.6. The predicted molar refractivity (Wildman–Crippen MR) is 145 cm³/mol. The minimum absolute atomic E-state index is 0.109. The topological polar surface area (TPSA) is 123 Å². The number of nitrogens with zero attached hydrogens (tertiary/aromatic N) is 1. The molecule has 2 aromatic heterocycles. The van der Waals surface area contributed by atoms with Crippen LogP contribution < -0.4 is 16.2 Å². The number of aliphatic hydroxyl groups is 1. The summed E-state index contributed by atoms with van der Waals surface area (Å²) in [5.41, 5.74) is 4.24. The molecule has 0 aliphatic heterocycles. The normalized spacial score (nSPS) is 11.8. The maximum atomic E-state index is 12.8. The predicted octanol–water partition coefficient (Wildman–Crippen LogP) is 4.64. The highest BCUT2D eigenvalue weighted by Crippen LogP contribution is 2.28. The fourth-order valence-corrected chi connectivity index (χ4v) is 4.23. The average molecular weight is 494 g/mol. The van der Waals surface area contributed by atoms with Gasteiger partial charge in [0.25, 0.3) is 5.56 Å². The van der Waals surface area contributed by atoms with Gasteiger partial charge in [-0.3, -0.25) is 9.59 Å². The number of aromatic nitrogens is 3. The highest BCUT2D eigenvalue weighted by molar-refractivity contribution is 6.00. The molecule has 0 fully saturated rings. The van der Waals surface area contributed by atoms with E-state index in [0.29, 0.717) is 46.6 Å². The van der Waals surface area contributed by atoms with Crippen LogP contribution in [0.5, 0.6) is 0 Å². The van der Waals surface area contributed by atoms with E-state index in [1.54, 1.807) is 18.3 Å². The van der Waals surface area contributed by atoms with E-state index in [1.165, 1.54) is 0 Å². The number of carbonyl (C=O) groups excluding carboxylic acids is 1. The lowest BCUT2D eigenvalue weighted by molar-refractivity contribution is -0.116. The van der Waals surface area contributed by atoms with Crippen molar-refractivity contribution in [2.45, 2.75) is 18.9 Å². The lowest BCUT2D eigenvalue weighted by Crippen LogP contribution is -2.17. The molecule has 0 bridgehead atoms. The number of H-pyrrole nitrogens is 2. The van der Waals surface area contributed by atoms with Gasteiger partial charge in [-0.15, -0.1) is 0 Å². The fourth-order valence-electron chi connectivity index (χ4n) is 4.23. The number of benzene rings is 3. The lowest BCUT2D eigenvalue weighted by Gasteiger charge is -2.14. The van der Waals surface area contributed by atoms with Gasteiger partial charge in [-0.25, -0.2) is 4.98 Å². The van der Waals surface area contributed by atoms with Gasteiger partial charge in [-0.2, -0.15) is 0 Å². The highest BCUT2D eigenvalue weighted by Gasteiger charge is 2.17. The molecule has 0 spiro atoms. The summed E-state index contributed by atoms with van der Waals surface area (Å²) >= 11 is 0. The summed E-state index contributed by atoms with van der Waals surface area (Å²) in [6, 6.07) is 26.3. The Morgan fingerprint density at radius 1 is 0.919 bits per heavy atom. The second kappa shape index (κ2) is 10.9. The Morgan fingerprint density at radius 2 is 1.68 bits per heavy atom. The van der Waals surface area contributed by atoms with Crippen molar-refractivity contribution in [2.75, 3.05) is 17.2 Å². The number of fused-ring (bicyclic) bond motifs is 1. The van der Waals surface area contributed by atoms with Crippen LogP contribution in [-0.4, -0.2) is 32.5 Å². The van der Waals surface area contributed by atoms with E-state index < -0.39 is 6.10 Å². The maximum Gasteiger partial charge on any atom is 0.261 e. The molecular weight excluding hydrogens is 466 g/mol. The Labute approximate surface area is 213 Å². The van der Waals surface area contributed by atoms with E-state index in [9.17, 15) is 14.7 Å². The molecule has 5 N–H and O–H groups in total. The number of pyridine rings is 1. The number of para-hydroxylation sites is 1. The van der Waals surface area contributed by atoms with E-state index in [2.05, 4.69) is 25.6 Å². The Kier molecular flexibility index (Phi) is 7.09. The Bertz CT molecular complexity index is 1560. The monoisotopic (exact) mass is 493 g/mol. The van der Waals surface area contributed by atoms with Crippen LogP contribution in [-0.2, 0) is 11.2 Å². The number of hydrogen-bond donors (Lipinski definition) is 5. The van der Waals surface area contributed by atoms with Gasteiger partial charge in [0.2, 0.25) is 5.91 Å². The van der Waals surface area contributed by atoms with Crippen molar-refractivity contribution < 1.29 is 9.90 Å². The van der Waals surface area contributed by atoms with Crippen LogP contribution in [0, 0.1) is 0 Å². The number of nitrogens with one attached hydrogen (secondary N) is 4. The van der Waals surface area contributed by atoms with Gasteiger partial charge in [0.05, 0.1) is 28.5 Å². The maximum absolute atomic E-state index is 12.8. The number of aromatic amines is 2. The van der Waals surface area contributed by atoms with Crippen LogP contribution in [0.25, 0.3) is 22.4 Å². The molecule has 37 heavy (non-hydrogen) atoms. The quantitative estimate of drug-likeness (QED) is 0.205. The molecule has 1 unspecified atom stereocenters. The molecule has 1 amide bonds. The van der Waals surface area contributed by atoms with Crippen molar-refractivity contribution in [3.8, 4) is 11.4 Å². The van der Waals surface area contributed by atoms with Gasteiger partial charge in [0.1, 0.15) is 11.4 Å². The third-order valence-corrected chi connectivity index (χ3v) is 6.14. The number of carbonyl (C=O) groups is 1. The molecule has 3 aromatic carbocycles. The molecule has 8 nitrogen and oxygen atoms in total. The van der Waals surface area contributed by atoms with Crippen molar-refractivity contribution >= 4 is 28.3 Å². The van der Waals surface area contributed by atoms with Crippen LogP contribution in [0.1, 0.15) is 23.7 Å². The third kappa shape index (κ3) is 5.60. The third-order valence-electron chi connectivity index (χ3n) is 6.14. The van der Waals surface area contributed by atoms with Crippen molar-refractivity contribution in [2.24, 2.45) is 0 Å². The van der Waals surface area contributed by atoms with E-state index >= 15 is 0 Å². The second-order valence-electron chi connectivity index (χ2n) is 8.72. The summed E-state index contributed by atoms with van der Waals surface area (Å²) in [4.78, 5) is 36.0. The SMILES string of the molecule is O=C(CCc1ccccc1)Nc1cccc2nc(-c3c(NCC(O)c4ccccc4)cc[nH]c3=O)[nH]c12. The lowest BCUT2D eigenvalue weighted by atomic mass is 10.1. The van der Waals surface area contributed by atoms with Crippen LogP contribution in [0.2, 0.25) is 0 Å². The molecule has 5 aromatic rings. The number of anilines is 2. The largest absolute Gasteiger partial charge is 0.387 e. The van der Waals surface area contributed by atoms with Crippen molar-refractivity contribution in [1.82, 2.24) is 15.0 Å². The molecule has 2 heterocycles. The summed E-state index contributed by atoms with van der Waals surface area (Å²) < 4.78 is 0. The van der Waals surface area contributed by atoms with Gasteiger partial charge in [-0.05, 0) is 35.7 Å². The zero-order valence-electron chi connectivity index (χ0n) is 20.1. The number of amides is 1. The molecule has 1 atom stereocenters. The number of hydrogen-bond acceptors (Lipinski definition) is 5. The fraction of sp³-hybridized carbons (Fsp3) is 0.138. The number of aliphatic hydroxyl groups excluding tert-OH is 1. The Hall–Kier alpha value is -4.69. The van der Waals surface area contributed by atoms with Crippen LogP contribution in [0.4, 0.5) is 11.4 Å².